The summed E-state index contributed by atoms with van der Waals surface area (Å²) < 4.78 is 0. The van der Waals surface area contributed by atoms with Gasteiger partial charge in [0.05, 0.1) is 0 Å². The summed E-state index contributed by atoms with van der Waals surface area (Å²) >= 11 is 0. The zero-order chi connectivity index (χ0) is 14.2. The summed E-state index contributed by atoms with van der Waals surface area (Å²) in [5.74, 6) is 0. The summed E-state index contributed by atoms with van der Waals surface area (Å²) in [7, 11) is 1.39. The fourth-order valence-corrected chi connectivity index (χ4v) is 3.16. The number of unbranched alkanes of at least 4 members (excludes halogenated alkanes) is 13. The van der Waals surface area contributed by atoms with Crippen LogP contribution in [0, 0.1) is 0 Å². The van der Waals surface area contributed by atoms with Crippen molar-refractivity contribution in [3.63, 3.8) is 0 Å². The van der Waals surface area contributed by atoms with Gasteiger partial charge in [-0.05, 0) is 0 Å². The highest BCUT2D eigenvalue weighted by molar-refractivity contribution is 6.11. The highest BCUT2D eigenvalue weighted by Crippen LogP contribution is 2.15. The number of rotatable bonds is 15. The minimum Gasteiger partial charge on any atom is -0.0658 e. The molecule has 19 heavy (non-hydrogen) atoms. The van der Waals surface area contributed by atoms with E-state index >= 15 is 0 Å². The lowest BCUT2D eigenvalue weighted by Crippen LogP contribution is -1.86. The maximum atomic E-state index is 2.40. The Morgan fingerprint density at radius 1 is 0.579 bits per heavy atom. The molecule has 0 amide bonds. The molecule has 0 aliphatic carbocycles. The normalized spacial score (nSPS) is 12.9. The molecular weight excluding hydrogens is 244 g/mol. The van der Waals surface area contributed by atoms with E-state index in [1.165, 1.54) is 107 Å². The molecule has 0 aromatic carbocycles. The van der Waals surface area contributed by atoms with E-state index in [0.717, 1.165) is 5.54 Å². The molecule has 0 N–H and O–H groups in total. The van der Waals surface area contributed by atoms with Crippen LogP contribution < -0.4 is 0 Å². The third-order valence-electron chi connectivity index (χ3n) is 4.14. The Morgan fingerprint density at radius 2 is 0.895 bits per heavy atom. The van der Waals surface area contributed by atoms with Gasteiger partial charge < -0.3 is 0 Å². The standard InChI is InChI=1S/C18H40Si/c1-3-4-5-6-7-8-9-10-11-12-13-14-15-16-17-18(2)19/h18H,3-17H2,1-2,19H3. The molecule has 0 saturated heterocycles. The van der Waals surface area contributed by atoms with Crippen LogP contribution in [-0.2, 0) is 0 Å². The van der Waals surface area contributed by atoms with Gasteiger partial charge in [0, 0.05) is 10.2 Å². The zero-order valence-corrected chi connectivity index (χ0v) is 16.2. The fraction of sp³-hybridized carbons (Fsp3) is 1.00. The van der Waals surface area contributed by atoms with Crippen LogP contribution in [0.1, 0.15) is 110 Å². The van der Waals surface area contributed by atoms with Gasteiger partial charge in [0.15, 0.2) is 0 Å². The molecule has 0 aromatic heterocycles. The Balaban J connectivity index is 2.91. The average molecular weight is 285 g/mol. The van der Waals surface area contributed by atoms with Gasteiger partial charge in [-0.25, -0.2) is 0 Å². The van der Waals surface area contributed by atoms with Crippen molar-refractivity contribution in [1.29, 1.82) is 0 Å². The first kappa shape index (κ1) is 19.2. The molecule has 0 spiro atoms. The average Bonchev–Trinajstić information content (AvgIpc) is 2.39. The molecule has 0 nitrogen and oxygen atoms in total. The predicted octanol–water partition coefficient (Wildman–Crippen LogP) is 6.03. The quantitative estimate of drug-likeness (QED) is 0.254. The van der Waals surface area contributed by atoms with Crippen LogP contribution in [0.25, 0.3) is 0 Å². The Hall–Kier alpha value is 0.217. The summed E-state index contributed by atoms with van der Waals surface area (Å²) in [6.45, 7) is 4.69. The van der Waals surface area contributed by atoms with Crippen molar-refractivity contribution in [1.82, 2.24) is 0 Å². The van der Waals surface area contributed by atoms with Gasteiger partial charge in [-0.1, -0.05) is 116 Å². The van der Waals surface area contributed by atoms with Crippen molar-refractivity contribution in [3.05, 3.63) is 0 Å². The Bertz CT molecular complexity index is 154. The number of hydrogen-bond donors (Lipinski definition) is 0. The SMILES string of the molecule is CCCCCCCCCCCCCCCCC(C)[SiH3]. The third-order valence-corrected chi connectivity index (χ3v) is 4.71. The Morgan fingerprint density at radius 3 is 1.21 bits per heavy atom. The van der Waals surface area contributed by atoms with E-state index in [2.05, 4.69) is 13.8 Å². The van der Waals surface area contributed by atoms with E-state index in [0.29, 0.717) is 0 Å². The molecule has 0 radical (unpaired) electrons. The van der Waals surface area contributed by atoms with E-state index in [9.17, 15) is 0 Å². The summed E-state index contributed by atoms with van der Waals surface area (Å²) in [6, 6.07) is 0. The largest absolute Gasteiger partial charge is 0.0658 e. The predicted molar refractivity (Wildman–Crippen MR) is 94.3 cm³/mol. The minimum absolute atomic E-state index is 1.04. The van der Waals surface area contributed by atoms with Crippen molar-refractivity contribution in [2.45, 2.75) is 116 Å². The highest BCUT2D eigenvalue weighted by Gasteiger charge is 1.95. The van der Waals surface area contributed by atoms with Crippen LogP contribution in [0.15, 0.2) is 0 Å². The fourth-order valence-electron chi connectivity index (χ4n) is 2.75. The van der Waals surface area contributed by atoms with E-state index in [1.807, 2.05) is 0 Å². The van der Waals surface area contributed by atoms with Crippen LogP contribution >= 0.6 is 0 Å². The topological polar surface area (TPSA) is 0 Å². The minimum atomic E-state index is 1.04. The van der Waals surface area contributed by atoms with Gasteiger partial charge in [0.1, 0.15) is 0 Å². The van der Waals surface area contributed by atoms with Crippen LogP contribution in [0.2, 0.25) is 5.54 Å². The molecule has 0 bridgehead atoms. The summed E-state index contributed by atoms with van der Waals surface area (Å²) in [4.78, 5) is 0. The van der Waals surface area contributed by atoms with Crippen LogP contribution in [-0.4, -0.2) is 10.2 Å². The van der Waals surface area contributed by atoms with Crippen molar-refractivity contribution >= 4 is 10.2 Å². The second-order valence-corrected chi connectivity index (χ2v) is 8.75. The van der Waals surface area contributed by atoms with Gasteiger partial charge in [0.25, 0.3) is 0 Å². The number of hydrogen-bond acceptors (Lipinski definition) is 0. The molecule has 0 fully saturated rings. The van der Waals surface area contributed by atoms with E-state index in [4.69, 9.17) is 0 Å². The lowest BCUT2D eigenvalue weighted by atomic mass is 10.0. The van der Waals surface area contributed by atoms with Gasteiger partial charge in [-0.3, -0.25) is 0 Å². The van der Waals surface area contributed by atoms with Crippen molar-refractivity contribution in [3.8, 4) is 0 Å². The molecule has 0 heterocycles. The zero-order valence-electron chi connectivity index (χ0n) is 14.2. The Labute approximate surface area is 126 Å². The lowest BCUT2D eigenvalue weighted by molar-refractivity contribution is 0.531. The van der Waals surface area contributed by atoms with Crippen molar-refractivity contribution in [2.24, 2.45) is 0 Å². The first-order valence-electron chi connectivity index (χ1n) is 9.27. The monoisotopic (exact) mass is 284 g/mol. The molecule has 0 aliphatic rings. The Kier molecular flexibility index (Phi) is 16.5. The van der Waals surface area contributed by atoms with E-state index < -0.39 is 0 Å². The first-order valence-corrected chi connectivity index (χ1v) is 10.4. The maximum absolute atomic E-state index is 2.40. The highest BCUT2D eigenvalue weighted by atomic mass is 28.1. The van der Waals surface area contributed by atoms with Gasteiger partial charge in [-0.15, -0.1) is 0 Å². The maximum Gasteiger partial charge on any atom is 0.00637 e. The summed E-state index contributed by atoms with van der Waals surface area (Å²) in [6.07, 6.45) is 22.2. The van der Waals surface area contributed by atoms with Gasteiger partial charge >= 0.3 is 0 Å². The smallest absolute Gasteiger partial charge is 0.00637 e. The van der Waals surface area contributed by atoms with E-state index in [-0.39, 0.29) is 0 Å². The second kappa shape index (κ2) is 16.3. The third kappa shape index (κ3) is 18.2. The molecule has 0 aromatic rings. The van der Waals surface area contributed by atoms with E-state index in [1.54, 1.807) is 0 Å². The molecule has 1 atom stereocenters. The van der Waals surface area contributed by atoms with Gasteiger partial charge in [0.2, 0.25) is 0 Å². The van der Waals surface area contributed by atoms with Crippen LogP contribution in [0.3, 0.4) is 0 Å². The lowest BCUT2D eigenvalue weighted by Gasteiger charge is -2.04. The molecule has 116 valence electrons. The summed E-state index contributed by atoms with van der Waals surface area (Å²) in [5.41, 5.74) is 1.04. The molecule has 0 rings (SSSR count). The molecular formula is C18H40Si. The summed E-state index contributed by atoms with van der Waals surface area (Å²) in [5, 5.41) is 0. The van der Waals surface area contributed by atoms with Crippen molar-refractivity contribution in [2.75, 3.05) is 0 Å². The molecule has 1 heteroatoms. The molecule has 1 unspecified atom stereocenters. The molecule has 0 saturated carbocycles. The van der Waals surface area contributed by atoms with Crippen molar-refractivity contribution < 1.29 is 0 Å². The second-order valence-electron chi connectivity index (χ2n) is 6.78. The first-order chi connectivity index (χ1) is 9.27. The van der Waals surface area contributed by atoms with Gasteiger partial charge in [-0.2, -0.15) is 0 Å². The molecule has 0 aliphatic heterocycles. The van der Waals surface area contributed by atoms with Crippen LogP contribution in [0.5, 0.6) is 0 Å². The van der Waals surface area contributed by atoms with Crippen LogP contribution in [0.4, 0.5) is 0 Å².